The van der Waals surface area contributed by atoms with Crippen LogP contribution in [0.2, 0.25) is 0 Å². The summed E-state index contributed by atoms with van der Waals surface area (Å²) in [4.78, 5) is 15.7. The number of methoxy groups -OCH3 is 1. The summed E-state index contributed by atoms with van der Waals surface area (Å²) in [5.41, 5.74) is 0.972. The van der Waals surface area contributed by atoms with Crippen molar-refractivity contribution in [3.05, 3.63) is 11.1 Å². The van der Waals surface area contributed by atoms with Gasteiger partial charge in [0.1, 0.15) is 0 Å². The number of aryl methyl sites for hydroxylation is 1. The normalized spacial score (nSPS) is 22.5. The summed E-state index contributed by atoms with van der Waals surface area (Å²) in [5, 5.41) is 7.33. The molecule has 1 aliphatic rings. The zero-order valence-electron chi connectivity index (χ0n) is 12.1. The second-order valence-electron chi connectivity index (χ2n) is 5.09. The lowest BCUT2D eigenvalue weighted by Gasteiger charge is -2.28. The van der Waals surface area contributed by atoms with Crippen LogP contribution < -0.4 is 5.32 Å². The summed E-state index contributed by atoms with van der Waals surface area (Å²) in [6.45, 7) is 0. The van der Waals surface area contributed by atoms with E-state index in [1.807, 2.05) is 17.1 Å². The number of thioether (sulfide) groups is 1. The summed E-state index contributed by atoms with van der Waals surface area (Å²) in [7, 11) is 1.42. The highest BCUT2D eigenvalue weighted by Gasteiger charge is 2.21. The number of hydrogen-bond donors (Lipinski definition) is 1. The number of esters is 1. The topological polar surface area (TPSA) is 51.2 Å². The standard InChI is InChI=1S/C14H22N2O2S2/c1-18-13(17)7-6-11-9-20-14(16-11)15-10-4-3-5-12(8-10)19-2/h9-10,12H,3-8H2,1-2H3,(H,15,16). The average Bonchev–Trinajstić information content (AvgIpc) is 2.92. The van der Waals surface area contributed by atoms with Crippen LogP contribution in [0.5, 0.6) is 0 Å². The Bertz CT molecular complexity index is 437. The maximum Gasteiger partial charge on any atom is 0.305 e. The van der Waals surface area contributed by atoms with Crippen LogP contribution >= 0.6 is 23.1 Å². The first-order valence-corrected chi connectivity index (χ1v) is 9.18. The van der Waals surface area contributed by atoms with E-state index in [0.29, 0.717) is 18.9 Å². The van der Waals surface area contributed by atoms with Gasteiger partial charge >= 0.3 is 5.97 Å². The molecular weight excluding hydrogens is 292 g/mol. The number of aromatic nitrogens is 1. The molecule has 2 atom stereocenters. The minimum atomic E-state index is -0.178. The lowest BCUT2D eigenvalue weighted by molar-refractivity contribution is -0.140. The molecule has 2 rings (SSSR count). The van der Waals surface area contributed by atoms with E-state index in [1.165, 1.54) is 32.8 Å². The highest BCUT2D eigenvalue weighted by atomic mass is 32.2. The third-order valence-electron chi connectivity index (χ3n) is 3.65. The summed E-state index contributed by atoms with van der Waals surface area (Å²) < 4.78 is 4.64. The minimum Gasteiger partial charge on any atom is -0.469 e. The number of nitrogens with one attached hydrogen (secondary N) is 1. The summed E-state index contributed by atoms with van der Waals surface area (Å²) >= 11 is 3.60. The van der Waals surface area contributed by atoms with E-state index in [4.69, 9.17) is 0 Å². The summed E-state index contributed by atoms with van der Waals surface area (Å²) in [5.74, 6) is -0.178. The molecule has 1 aromatic rings. The van der Waals surface area contributed by atoms with Gasteiger partial charge in [0.05, 0.1) is 19.2 Å². The van der Waals surface area contributed by atoms with Gasteiger partial charge in [0.15, 0.2) is 5.13 Å². The maximum atomic E-state index is 11.1. The molecule has 0 spiro atoms. The molecule has 0 radical (unpaired) electrons. The number of ether oxygens (including phenoxy) is 1. The van der Waals surface area contributed by atoms with Gasteiger partial charge < -0.3 is 10.1 Å². The van der Waals surface area contributed by atoms with Crippen LogP contribution in [0, 0.1) is 0 Å². The number of anilines is 1. The van der Waals surface area contributed by atoms with Crippen molar-refractivity contribution >= 4 is 34.2 Å². The summed E-state index contributed by atoms with van der Waals surface area (Å²) in [6.07, 6.45) is 8.33. The highest BCUT2D eigenvalue weighted by molar-refractivity contribution is 7.99. The third kappa shape index (κ3) is 4.66. The van der Waals surface area contributed by atoms with Gasteiger partial charge in [-0.1, -0.05) is 6.42 Å². The molecule has 1 saturated carbocycles. The van der Waals surface area contributed by atoms with Gasteiger partial charge in [0.25, 0.3) is 0 Å². The highest BCUT2D eigenvalue weighted by Crippen LogP contribution is 2.29. The molecule has 20 heavy (non-hydrogen) atoms. The van der Waals surface area contributed by atoms with Crippen LogP contribution in [0.4, 0.5) is 5.13 Å². The number of carbonyl (C=O) groups is 1. The fourth-order valence-electron chi connectivity index (χ4n) is 2.49. The maximum absolute atomic E-state index is 11.1. The van der Waals surface area contributed by atoms with E-state index in [2.05, 4.69) is 21.3 Å². The van der Waals surface area contributed by atoms with Gasteiger partial charge in [0, 0.05) is 23.1 Å². The van der Waals surface area contributed by atoms with Crippen LogP contribution in [0.25, 0.3) is 0 Å². The van der Waals surface area contributed by atoms with Gasteiger partial charge in [-0.05, 0) is 25.5 Å². The van der Waals surface area contributed by atoms with Crippen LogP contribution in [-0.4, -0.2) is 35.6 Å². The van der Waals surface area contributed by atoms with Crippen molar-refractivity contribution in [3.8, 4) is 0 Å². The number of carbonyl (C=O) groups excluding carboxylic acids is 1. The number of hydrogen-bond acceptors (Lipinski definition) is 6. The molecule has 0 bridgehead atoms. The van der Waals surface area contributed by atoms with Gasteiger partial charge in [-0.25, -0.2) is 4.98 Å². The summed E-state index contributed by atoms with van der Waals surface area (Å²) in [6, 6.07) is 0.542. The molecule has 4 nitrogen and oxygen atoms in total. The molecule has 2 unspecified atom stereocenters. The van der Waals surface area contributed by atoms with Crippen molar-refractivity contribution in [2.45, 2.75) is 49.8 Å². The van der Waals surface area contributed by atoms with Gasteiger partial charge in [-0.2, -0.15) is 11.8 Å². The smallest absolute Gasteiger partial charge is 0.305 e. The Morgan fingerprint density at radius 3 is 3.20 bits per heavy atom. The second kappa shape index (κ2) is 7.88. The van der Waals surface area contributed by atoms with E-state index in [1.54, 1.807) is 11.3 Å². The predicted octanol–water partition coefficient (Wildman–Crippen LogP) is 3.33. The van der Waals surface area contributed by atoms with Crippen LogP contribution in [0.3, 0.4) is 0 Å². The van der Waals surface area contributed by atoms with Crippen LogP contribution in [0.15, 0.2) is 5.38 Å². The third-order valence-corrected chi connectivity index (χ3v) is 5.57. The molecule has 1 aromatic heterocycles. The first-order valence-electron chi connectivity index (χ1n) is 7.01. The van der Waals surface area contributed by atoms with Gasteiger partial charge in [0.2, 0.25) is 0 Å². The monoisotopic (exact) mass is 314 g/mol. The van der Waals surface area contributed by atoms with Crippen LogP contribution in [-0.2, 0) is 16.0 Å². The zero-order valence-corrected chi connectivity index (χ0v) is 13.7. The van der Waals surface area contributed by atoms with E-state index >= 15 is 0 Å². The first kappa shape index (κ1) is 15.6. The molecule has 0 aliphatic heterocycles. The Morgan fingerprint density at radius 2 is 2.45 bits per heavy atom. The van der Waals surface area contributed by atoms with E-state index in [-0.39, 0.29) is 5.97 Å². The minimum absolute atomic E-state index is 0.178. The van der Waals surface area contributed by atoms with Crippen molar-refractivity contribution in [1.82, 2.24) is 4.98 Å². The molecule has 1 N–H and O–H groups in total. The molecule has 112 valence electrons. The fourth-order valence-corrected chi connectivity index (χ4v) is 4.14. The number of nitrogens with zero attached hydrogens (tertiary/aromatic N) is 1. The predicted molar refractivity (Wildman–Crippen MR) is 85.6 cm³/mol. The second-order valence-corrected chi connectivity index (χ2v) is 7.08. The first-order chi connectivity index (χ1) is 9.71. The SMILES string of the molecule is COC(=O)CCc1csc(NC2CCCC(SC)C2)n1. The van der Waals surface area contributed by atoms with Crippen molar-refractivity contribution in [1.29, 1.82) is 0 Å². The lowest BCUT2D eigenvalue weighted by atomic mass is 9.95. The Balaban J connectivity index is 1.81. The van der Waals surface area contributed by atoms with Crippen molar-refractivity contribution in [2.75, 3.05) is 18.7 Å². The molecule has 0 saturated heterocycles. The lowest BCUT2D eigenvalue weighted by Crippen LogP contribution is -2.28. The Labute approximate surface area is 128 Å². The zero-order chi connectivity index (χ0) is 14.4. The molecule has 0 amide bonds. The Hall–Kier alpha value is -0.750. The molecule has 6 heteroatoms. The van der Waals surface area contributed by atoms with E-state index in [9.17, 15) is 4.79 Å². The van der Waals surface area contributed by atoms with Gasteiger partial charge in [-0.3, -0.25) is 4.79 Å². The molecule has 1 fully saturated rings. The molecule has 1 heterocycles. The average molecular weight is 314 g/mol. The Morgan fingerprint density at radius 1 is 1.60 bits per heavy atom. The Kier molecular flexibility index (Phi) is 6.16. The molecule has 0 aromatic carbocycles. The van der Waals surface area contributed by atoms with Crippen LogP contribution in [0.1, 0.15) is 37.8 Å². The van der Waals surface area contributed by atoms with E-state index in [0.717, 1.165) is 16.1 Å². The molecule has 1 aliphatic carbocycles. The largest absolute Gasteiger partial charge is 0.469 e. The van der Waals surface area contributed by atoms with Crippen molar-refractivity contribution in [2.24, 2.45) is 0 Å². The quantitative estimate of drug-likeness (QED) is 0.816. The number of rotatable bonds is 6. The number of thiazole rings is 1. The van der Waals surface area contributed by atoms with Crippen molar-refractivity contribution in [3.63, 3.8) is 0 Å². The molecular formula is C14H22N2O2S2. The van der Waals surface area contributed by atoms with Gasteiger partial charge in [-0.15, -0.1) is 11.3 Å². The van der Waals surface area contributed by atoms with Crippen molar-refractivity contribution < 1.29 is 9.53 Å². The fraction of sp³-hybridized carbons (Fsp3) is 0.714. The van der Waals surface area contributed by atoms with E-state index < -0.39 is 0 Å².